The highest BCUT2D eigenvalue weighted by molar-refractivity contribution is 6.28. The number of halogens is 1. The van der Waals surface area contributed by atoms with Gasteiger partial charge in [-0.25, -0.2) is 9.97 Å². The van der Waals surface area contributed by atoms with Crippen LogP contribution >= 0.6 is 11.6 Å². The van der Waals surface area contributed by atoms with E-state index in [1.807, 2.05) is 19.1 Å². The van der Waals surface area contributed by atoms with Gasteiger partial charge in [-0.1, -0.05) is 0 Å². The number of furan rings is 1. The van der Waals surface area contributed by atoms with Gasteiger partial charge in [0.1, 0.15) is 5.69 Å². The molecule has 0 spiro atoms. The van der Waals surface area contributed by atoms with Crippen LogP contribution in [0.5, 0.6) is 0 Å². The SMILES string of the molecule is Cc1cc(-c2ccco2)nc(Cl)n1. The predicted molar refractivity (Wildman–Crippen MR) is 49.5 cm³/mol. The van der Waals surface area contributed by atoms with Crippen LogP contribution in [0.25, 0.3) is 11.5 Å². The van der Waals surface area contributed by atoms with Gasteiger partial charge in [-0.2, -0.15) is 0 Å². The van der Waals surface area contributed by atoms with E-state index in [1.165, 1.54) is 0 Å². The van der Waals surface area contributed by atoms with Crippen LogP contribution in [-0.2, 0) is 0 Å². The minimum atomic E-state index is 0.242. The van der Waals surface area contributed by atoms with Crippen LogP contribution < -0.4 is 0 Å². The van der Waals surface area contributed by atoms with Gasteiger partial charge >= 0.3 is 0 Å². The van der Waals surface area contributed by atoms with E-state index in [-0.39, 0.29) is 5.28 Å². The molecule has 0 saturated carbocycles. The molecule has 4 heteroatoms. The Hall–Kier alpha value is -1.35. The maximum absolute atomic E-state index is 5.70. The van der Waals surface area contributed by atoms with E-state index in [0.717, 1.165) is 5.69 Å². The first kappa shape index (κ1) is 8.26. The lowest BCUT2D eigenvalue weighted by molar-refractivity contribution is 0.579. The van der Waals surface area contributed by atoms with Gasteiger partial charge in [0, 0.05) is 5.69 Å². The zero-order valence-corrected chi connectivity index (χ0v) is 7.75. The standard InChI is InChI=1S/C9H7ClN2O/c1-6-5-7(12-9(10)11-6)8-3-2-4-13-8/h2-5H,1H3. The normalized spacial score (nSPS) is 10.3. The van der Waals surface area contributed by atoms with Crippen molar-refractivity contribution in [2.75, 3.05) is 0 Å². The van der Waals surface area contributed by atoms with Gasteiger partial charge in [0.05, 0.1) is 6.26 Å². The number of aryl methyl sites for hydroxylation is 1. The van der Waals surface area contributed by atoms with Gasteiger partial charge in [-0.05, 0) is 36.7 Å². The molecule has 2 heterocycles. The lowest BCUT2D eigenvalue weighted by Crippen LogP contribution is -1.89. The molecule has 2 aromatic heterocycles. The van der Waals surface area contributed by atoms with Crippen molar-refractivity contribution in [3.8, 4) is 11.5 Å². The molecule has 13 heavy (non-hydrogen) atoms. The Morgan fingerprint density at radius 2 is 2.23 bits per heavy atom. The second-order valence-corrected chi connectivity index (χ2v) is 2.98. The highest BCUT2D eigenvalue weighted by Crippen LogP contribution is 2.19. The molecule has 0 aromatic carbocycles. The number of nitrogens with zero attached hydrogens (tertiary/aromatic N) is 2. The Bertz CT molecular complexity index is 391. The fourth-order valence-electron chi connectivity index (χ4n) is 1.08. The molecular formula is C9H7ClN2O. The third-order valence-electron chi connectivity index (χ3n) is 1.60. The average Bonchev–Trinajstić information content (AvgIpc) is 2.53. The van der Waals surface area contributed by atoms with E-state index >= 15 is 0 Å². The fourth-order valence-corrected chi connectivity index (χ4v) is 1.31. The van der Waals surface area contributed by atoms with Gasteiger partial charge < -0.3 is 4.42 Å². The molecule has 0 bridgehead atoms. The number of rotatable bonds is 1. The summed E-state index contributed by atoms with van der Waals surface area (Å²) in [6, 6.07) is 5.46. The molecule has 0 saturated heterocycles. The van der Waals surface area contributed by atoms with E-state index in [0.29, 0.717) is 11.5 Å². The molecule has 3 nitrogen and oxygen atoms in total. The molecular weight excluding hydrogens is 188 g/mol. The summed E-state index contributed by atoms with van der Waals surface area (Å²) in [6.45, 7) is 1.86. The van der Waals surface area contributed by atoms with Crippen LogP contribution in [0, 0.1) is 6.92 Å². The van der Waals surface area contributed by atoms with E-state index in [9.17, 15) is 0 Å². The van der Waals surface area contributed by atoms with Crippen LogP contribution in [0.2, 0.25) is 5.28 Å². The average molecular weight is 195 g/mol. The lowest BCUT2D eigenvalue weighted by Gasteiger charge is -1.97. The van der Waals surface area contributed by atoms with Crippen molar-refractivity contribution in [3.63, 3.8) is 0 Å². The third-order valence-corrected chi connectivity index (χ3v) is 1.77. The molecule has 0 fully saturated rings. The van der Waals surface area contributed by atoms with Crippen molar-refractivity contribution in [2.45, 2.75) is 6.92 Å². The van der Waals surface area contributed by atoms with Gasteiger partial charge in [0.2, 0.25) is 5.28 Å². The van der Waals surface area contributed by atoms with Crippen LogP contribution in [0.1, 0.15) is 5.69 Å². The number of hydrogen-bond donors (Lipinski definition) is 0. The quantitative estimate of drug-likeness (QED) is 0.656. The zero-order chi connectivity index (χ0) is 9.26. The molecule has 0 unspecified atom stereocenters. The van der Waals surface area contributed by atoms with Crippen LogP contribution in [0.4, 0.5) is 0 Å². The predicted octanol–water partition coefficient (Wildman–Crippen LogP) is 2.70. The largest absolute Gasteiger partial charge is 0.463 e. The molecule has 0 aliphatic rings. The summed E-state index contributed by atoms with van der Waals surface area (Å²) in [7, 11) is 0. The molecule has 0 radical (unpaired) electrons. The minimum absolute atomic E-state index is 0.242. The van der Waals surface area contributed by atoms with Crippen molar-refractivity contribution in [1.82, 2.24) is 9.97 Å². The highest BCUT2D eigenvalue weighted by Gasteiger charge is 2.04. The molecule has 2 rings (SSSR count). The van der Waals surface area contributed by atoms with Crippen molar-refractivity contribution in [3.05, 3.63) is 35.4 Å². The summed E-state index contributed by atoms with van der Waals surface area (Å²) >= 11 is 5.70. The Kier molecular flexibility index (Phi) is 2.02. The minimum Gasteiger partial charge on any atom is -0.463 e. The summed E-state index contributed by atoms with van der Waals surface area (Å²) in [5, 5.41) is 0.242. The van der Waals surface area contributed by atoms with E-state index in [1.54, 1.807) is 12.3 Å². The molecule has 0 atom stereocenters. The van der Waals surface area contributed by atoms with Crippen molar-refractivity contribution in [1.29, 1.82) is 0 Å². The maximum atomic E-state index is 5.70. The first-order chi connectivity index (χ1) is 6.25. The van der Waals surface area contributed by atoms with Crippen LogP contribution in [-0.4, -0.2) is 9.97 Å². The second kappa shape index (κ2) is 3.18. The smallest absolute Gasteiger partial charge is 0.223 e. The number of aromatic nitrogens is 2. The maximum Gasteiger partial charge on any atom is 0.223 e. The Labute approximate surface area is 80.4 Å². The van der Waals surface area contributed by atoms with E-state index in [4.69, 9.17) is 16.0 Å². The van der Waals surface area contributed by atoms with Gasteiger partial charge in [0.25, 0.3) is 0 Å². The lowest BCUT2D eigenvalue weighted by atomic mass is 10.3. The summed E-state index contributed by atoms with van der Waals surface area (Å²) in [6.07, 6.45) is 1.60. The Morgan fingerprint density at radius 1 is 1.38 bits per heavy atom. The summed E-state index contributed by atoms with van der Waals surface area (Å²) in [4.78, 5) is 7.99. The van der Waals surface area contributed by atoms with Crippen molar-refractivity contribution in [2.24, 2.45) is 0 Å². The summed E-state index contributed by atoms with van der Waals surface area (Å²) in [5.41, 5.74) is 1.54. The molecule has 0 aliphatic carbocycles. The van der Waals surface area contributed by atoms with Crippen LogP contribution in [0.15, 0.2) is 28.9 Å². The Balaban J connectivity index is 2.53. The van der Waals surface area contributed by atoms with Crippen molar-refractivity contribution >= 4 is 11.6 Å². The summed E-state index contributed by atoms with van der Waals surface area (Å²) < 4.78 is 5.18. The molecule has 0 amide bonds. The highest BCUT2D eigenvalue weighted by atomic mass is 35.5. The summed E-state index contributed by atoms with van der Waals surface area (Å²) in [5.74, 6) is 0.701. The molecule has 0 N–H and O–H groups in total. The van der Waals surface area contributed by atoms with Crippen molar-refractivity contribution < 1.29 is 4.42 Å². The first-order valence-corrected chi connectivity index (χ1v) is 4.18. The molecule has 66 valence electrons. The number of hydrogen-bond acceptors (Lipinski definition) is 3. The van der Waals surface area contributed by atoms with Gasteiger partial charge in [-0.15, -0.1) is 0 Å². The van der Waals surface area contributed by atoms with Gasteiger partial charge in [0.15, 0.2) is 5.76 Å². The Morgan fingerprint density at radius 3 is 2.85 bits per heavy atom. The van der Waals surface area contributed by atoms with Crippen LogP contribution in [0.3, 0.4) is 0 Å². The van der Waals surface area contributed by atoms with E-state index < -0.39 is 0 Å². The monoisotopic (exact) mass is 194 g/mol. The second-order valence-electron chi connectivity index (χ2n) is 2.64. The fraction of sp³-hybridized carbons (Fsp3) is 0.111. The topological polar surface area (TPSA) is 38.9 Å². The molecule has 0 aliphatic heterocycles. The van der Waals surface area contributed by atoms with Gasteiger partial charge in [-0.3, -0.25) is 0 Å². The van der Waals surface area contributed by atoms with E-state index in [2.05, 4.69) is 9.97 Å². The first-order valence-electron chi connectivity index (χ1n) is 3.81. The third kappa shape index (κ3) is 1.70. The zero-order valence-electron chi connectivity index (χ0n) is 6.99. The molecule has 2 aromatic rings.